The van der Waals surface area contributed by atoms with Crippen molar-refractivity contribution in [2.24, 2.45) is 0 Å². The number of furan rings is 1. The first-order valence-electron chi connectivity index (χ1n) is 10.6. The zero-order chi connectivity index (χ0) is 23.2. The number of rotatable bonds is 6. The maximum absolute atomic E-state index is 12.7. The molecule has 1 unspecified atom stereocenters. The summed E-state index contributed by atoms with van der Waals surface area (Å²) in [5.74, 6) is -0.557. The average molecular weight is 458 g/mol. The van der Waals surface area contributed by atoms with E-state index in [1.807, 2.05) is 37.5 Å². The maximum atomic E-state index is 12.7. The van der Waals surface area contributed by atoms with Gasteiger partial charge in [-0.3, -0.25) is 9.59 Å². The molecule has 0 spiro atoms. The summed E-state index contributed by atoms with van der Waals surface area (Å²) in [5.41, 5.74) is 5.65. The third kappa shape index (κ3) is 4.24. The molecule has 2 aromatic heterocycles. The van der Waals surface area contributed by atoms with Crippen molar-refractivity contribution in [2.45, 2.75) is 46.6 Å². The summed E-state index contributed by atoms with van der Waals surface area (Å²) in [5, 5.41) is 0.867. The number of Topliss-reactive ketones (excluding diaryl/α,β-unsaturated/α-hetero) is 1. The highest BCUT2D eigenvalue weighted by molar-refractivity contribution is 7.91. The molecule has 170 valence electrons. The molecule has 0 bridgehead atoms. The first kappa shape index (κ1) is 22.3. The number of hydrogen-bond acceptors (Lipinski definition) is 6. The van der Waals surface area contributed by atoms with Crippen LogP contribution in [-0.4, -0.2) is 42.9 Å². The van der Waals surface area contributed by atoms with Gasteiger partial charge in [0.15, 0.2) is 16.4 Å². The lowest BCUT2D eigenvalue weighted by Crippen LogP contribution is -2.17. The van der Waals surface area contributed by atoms with E-state index in [9.17, 15) is 18.0 Å². The van der Waals surface area contributed by atoms with E-state index in [0.29, 0.717) is 23.3 Å². The van der Waals surface area contributed by atoms with E-state index >= 15 is 0 Å². The lowest BCUT2D eigenvalue weighted by atomic mass is 10.0. The molecule has 1 fully saturated rings. The number of benzene rings is 1. The number of sulfone groups is 1. The number of aromatic nitrogens is 1. The van der Waals surface area contributed by atoms with Crippen LogP contribution in [0.2, 0.25) is 0 Å². The van der Waals surface area contributed by atoms with Crippen LogP contribution in [0, 0.1) is 27.7 Å². The number of carbonyl (C=O) groups excluding carboxylic acids is 2. The molecule has 1 aromatic carbocycles. The molecule has 0 aliphatic carbocycles. The molecule has 1 aliphatic heterocycles. The van der Waals surface area contributed by atoms with Crippen molar-refractivity contribution in [2.75, 3.05) is 18.1 Å². The zero-order valence-corrected chi connectivity index (χ0v) is 19.5. The number of esters is 1. The Balaban J connectivity index is 1.43. The minimum atomic E-state index is -3.04. The summed E-state index contributed by atoms with van der Waals surface area (Å²) in [6.07, 6.45) is 2.11. The van der Waals surface area contributed by atoms with Crippen molar-refractivity contribution in [3.63, 3.8) is 0 Å². The van der Waals surface area contributed by atoms with Crippen LogP contribution in [0.1, 0.15) is 50.9 Å². The molecule has 3 heterocycles. The molecular formula is C24H27NO6S. The van der Waals surface area contributed by atoms with Gasteiger partial charge in [-0.2, -0.15) is 0 Å². The number of ketones is 1. The Morgan fingerprint density at radius 1 is 1.12 bits per heavy atom. The highest BCUT2D eigenvalue weighted by atomic mass is 32.2. The van der Waals surface area contributed by atoms with Crippen LogP contribution in [-0.2, 0) is 25.8 Å². The van der Waals surface area contributed by atoms with Crippen LogP contribution in [0.4, 0.5) is 0 Å². The van der Waals surface area contributed by atoms with Crippen molar-refractivity contribution in [1.29, 1.82) is 0 Å². The second-order valence-corrected chi connectivity index (χ2v) is 10.9. The molecule has 1 saturated heterocycles. The van der Waals surface area contributed by atoms with E-state index in [-0.39, 0.29) is 36.4 Å². The fraction of sp³-hybridized carbons (Fsp3) is 0.417. The number of aryl methyl sites for hydroxylation is 3. The molecule has 0 saturated carbocycles. The number of hydrogen-bond donors (Lipinski definition) is 0. The van der Waals surface area contributed by atoms with Crippen LogP contribution in [0.3, 0.4) is 0 Å². The normalized spacial score (nSPS) is 17.7. The second kappa shape index (κ2) is 8.24. The molecule has 0 amide bonds. The topological polar surface area (TPSA) is 95.6 Å². The molecule has 3 aromatic rings. The molecule has 32 heavy (non-hydrogen) atoms. The smallest absolute Gasteiger partial charge is 0.310 e. The maximum Gasteiger partial charge on any atom is 0.310 e. The Bertz CT molecular complexity index is 1330. The number of nitrogens with zero attached hydrogens (tertiary/aromatic N) is 1. The van der Waals surface area contributed by atoms with Crippen LogP contribution in [0.15, 0.2) is 28.9 Å². The third-order valence-corrected chi connectivity index (χ3v) is 8.08. The highest BCUT2D eigenvalue weighted by Gasteiger charge is 2.31. The van der Waals surface area contributed by atoms with Gasteiger partial charge in [0, 0.05) is 33.9 Å². The van der Waals surface area contributed by atoms with E-state index < -0.39 is 15.8 Å². The third-order valence-electron chi connectivity index (χ3n) is 6.33. The van der Waals surface area contributed by atoms with Crippen LogP contribution in [0.25, 0.3) is 11.0 Å². The van der Waals surface area contributed by atoms with E-state index in [0.717, 1.165) is 27.8 Å². The number of ether oxygens (including phenoxy) is 1. The van der Waals surface area contributed by atoms with Gasteiger partial charge in [-0.25, -0.2) is 8.42 Å². The van der Waals surface area contributed by atoms with Crippen molar-refractivity contribution in [3.05, 3.63) is 58.1 Å². The lowest BCUT2D eigenvalue weighted by Gasteiger charge is -2.16. The predicted octanol–water partition coefficient (Wildman–Crippen LogP) is 3.80. The SMILES string of the molecule is Cc1cc2occ(CC(=O)OCC(=O)c3cc(C)n(C4CCS(=O)(=O)C4)c3C)c2cc1C. The largest absolute Gasteiger partial charge is 0.464 e. The minimum Gasteiger partial charge on any atom is -0.464 e. The molecule has 1 aliphatic rings. The predicted molar refractivity (Wildman–Crippen MR) is 121 cm³/mol. The van der Waals surface area contributed by atoms with Crippen LogP contribution in [0.5, 0.6) is 0 Å². The van der Waals surface area contributed by atoms with Crippen molar-refractivity contribution in [3.8, 4) is 0 Å². The van der Waals surface area contributed by atoms with E-state index in [1.165, 1.54) is 0 Å². The average Bonchev–Trinajstić information content (AvgIpc) is 3.36. The van der Waals surface area contributed by atoms with Crippen molar-refractivity contribution < 1.29 is 27.2 Å². The van der Waals surface area contributed by atoms with Gasteiger partial charge in [-0.05, 0) is 63.4 Å². The Hall–Kier alpha value is -2.87. The van der Waals surface area contributed by atoms with Crippen LogP contribution >= 0.6 is 0 Å². The summed E-state index contributed by atoms with van der Waals surface area (Å²) in [7, 11) is -3.04. The summed E-state index contributed by atoms with van der Waals surface area (Å²) in [6, 6.07) is 5.50. The van der Waals surface area contributed by atoms with Gasteiger partial charge < -0.3 is 13.7 Å². The molecule has 4 rings (SSSR count). The first-order chi connectivity index (χ1) is 15.1. The monoisotopic (exact) mass is 457 g/mol. The molecule has 1 atom stereocenters. The summed E-state index contributed by atoms with van der Waals surface area (Å²) < 4.78 is 36.5. The quantitative estimate of drug-likeness (QED) is 0.413. The zero-order valence-electron chi connectivity index (χ0n) is 18.7. The van der Waals surface area contributed by atoms with Gasteiger partial charge in [-0.15, -0.1) is 0 Å². The van der Waals surface area contributed by atoms with E-state index in [4.69, 9.17) is 9.15 Å². The van der Waals surface area contributed by atoms with E-state index in [1.54, 1.807) is 19.3 Å². The second-order valence-electron chi connectivity index (χ2n) is 8.67. The minimum absolute atomic E-state index is 0.0156. The van der Waals surface area contributed by atoms with Gasteiger partial charge in [0.05, 0.1) is 24.2 Å². The Labute approximate surface area is 187 Å². The van der Waals surface area contributed by atoms with Gasteiger partial charge in [-0.1, -0.05) is 0 Å². The highest BCUT2D eigenvalue weighted by Crippen LogP contribution is 2.29. The first-order valence-corrected chi connectivity index (χ1v) is 12.4. The van der Waals surface area contributed by atoms with Gasteiger partial charge in [0.25, 0.3) is 0 Å². The molecular weight excluding hydrogens is 430 g/mol. The summed E-state index contributed by atoms with van der Waals surface area (Å²) in [4.78, 5) is 25.1. The lowest BCUT2D eigenvalue weighted by molar-refractivity contribution is -0.141. The van der Waals surface area contributed by atoms with Crippen molar-refractivity contribution >= 4 is 32.6 Å². The summed E-state index contributed by atoms with van der Waals surface area (Å²) >= 11 is 0. The van der Waals surface area contributed by atoms with Gasteiger partial charge in [0.1, 0.15) is 5.58 Å². The summed E-state index contributed by atoms with van der Waals surface area (Å²) in [6.45, 7) is 7.29. The molecule has 0 N–H and O–H groups in total. The number of carbonyl (C=O) groups is 2. The molecule has 8 heteroatoms. The molecule has 0 radical (unpaired) electrons. The molecule has 7 nitrogen and oxygen atoms in total. The Morgan fingerprint density at radius 3 is 2.53 bits per heavy atom. The van der Waals surface area contributed by atoms with Gasteiger partial charge in [0.2, 0.25) is 5.78 Å². The van der Waals surface area contributed by atoms with Crippen molar-refractivity contribution in [1.82, 2.24) is 4.57 Å². The number of fused-ring (bicyclic) bond motifs is 1. The van der Waals surface area contributed by atoms with Gasteiger partial charge >= 0.3 is 5.97 Å². The Kier molecular flexibility index (Phi) is 5.75. The standard InChI is InChI=1S/C24H27NO6S/c1-14-7-21-18(11-30-23(21)8-15(14)2)10-24(27)31-12-22(26)20-9-16(3)25(17(20)4)19-5-6-32(28,29)13-19/h7-9,11,19H,5-6,10,12-13H2,1-4H3. The van der Waals surface area contributed by atoms with Crippen LogP contribution < -0.4 is 0 Å². The fourth-order valence-corrected chi connectivity index (χ4v) is 6.20. The fourth-order valence-electron chi connectivity index (χ4n) is 4.50. The Morgan fingerprint density at radius 2 is 1.84 bits per heavy atom. The van der Waals surface area contributed by atoms with E-state index in [2.05, 4.69) is 0 Å².